The van der Waals surface area contributed by atoms with Crippen LogP contribution >= 0.6 is 0 Å². The van der Waals surface area contributed by atoms with Gasteiger partial charge >= 0.3 is 0 Å². The number of nitrogens with two attached hydrogens (primary N) is 1. The molecule has 2 aromatic rings. The summed E-state index contributed by atoms with van der Waals surface area (Å²) < 4.78 is 32.7. The predicted molar refractivity (Wildman–Crippen MR) is 116 cm³/mol. The van der Waals surface area contributed by atoms with Gasteiger partial charge in [-0.3, -0.25) is 9.10 Å². The number of nitrogens with one attached hydrogen (secondary N) is 1. The van der Waals surface area contributed by atoms with Crippen LogP contribution < -0.4 is 15.8 Å². The van der Waals surface area contributed by atoms with Gasteiger partial charge in [0, 0.05) is 18.3 Å². The highest BCUT2D eigenvalue weighted by Gasteiger charge is 2.27. The molecular weight excluding hydrogens is 409 g/mol. The van der Waals surface area contributed by atoms with Crippen LogP contribution in [0.1, 0.15) is 42.4 Å². The van der Waals surface area contributed by atoms with Gasteiger partial charge in [-0.1, -0.05) is 20.3 Å². The normalized spacial score (nSPS) is 18.0. The molecule has 0 bridgehead atoms. The van der Waals surface area contributed by atoms with Crippen LogP contribution in [0.25, 0.3) is 0 Å². The Balaban J connectivity index is 0.00000101. The summed E-state index contributed by atoms with van der Waals surface area (Å²) in [7, 11) is 1.66. The fraction of sp³-hybridized carbons (Fsp3) is 0.350. The molecule has 2 atom stereocenters. The molecule has 1 aliphatic heterocycles. The van der Waals surface area contributed by atoms with Gasteiger partial charge in [0.05, 0.1) is 25.1 Å². The number of pyridine rings is 1. The fourth-order valence-electron chi connectivity index (χ4n) is 2.50. The lowest BCUT2D eigenvalue weighted by molar-refractivity contribution is 0.102. The maximum absolute atomic E-state index is 14.3. The molecule has 0 fully saturated rings. The number of guanidine groups is 1. The average Bonchev–Trinajstić information content (AvgIpc) is 2.73. The zero-order chi connectivity index (χ0) is 22.3. The van der Waals surface area contributed by atoms with Crippen molar-refractivity contribution in [1.29, 1.82) is 0 Å². The standard InChI is InChI=1S/C17H18FN5O3S.C3H8/c1-23-17(19)22-15(9-27(23)25)12-7-10(3-5-13(12)18)21-16(24)14-6-4-11(26-2)8-20-14;1-3-2/h3-8,15H,9H2,1-2H3,(H2,19,22)(H,21,24);3H2,1-2H3. The highest BCUT2D eigenvalue weighted by atomic mass is 32.2. The molecule has 0 spiro atoms. The first-order valence-corrected chi connectivity index (χ1v) is 10.6. The van der Waals surface area contributed by atoms with Gasteiger partial charge < -0.3 is 15.8 Å². The first-order valence-electron chi connectivity index (χ1n) is 9.37. The maximum Gasteiger partial charge on any atom is 0.274 e. The first-order chi connectivity index (χ1) is 14.3. The third-order valence-corrected chi connectivity index (χ3v) is 5.43. The van der Waals surface area contributed by atoms with Crippen LogP contribution in [-0.4, -0.2) is 45.3 Å². The summed E-state index contributed by atoms with van der Waals surface area (Å²) >= 11 is 0. The van der Waals surface area contributed by atoms with Gasteiger partial charge in [0.1, 0.15) is 28.2 Å². The largest absolute Gasteiger partial charge is 0.495 e. The van der Waals surface area contributed by atoms with E-state index < -0.39 is 28.8 Å². The lowest BCUT2D eigenvalue weighted by Gasteiger charge is -2.26. The quantitative estimate of drug-likeness (QED) is 0.767. The number of rotatable bonds is 4. The molecule has 30 heavy (non-hydrogen) atoms. The summed E-state index contributed by atoms with van der Waals surface area (Å²) in [5, 5.41) is 2.66. The van der Waals surface area contributed by atoms with Gasteiger partial charge in [-0.25, -0.2) is 18.6 Å². The van der Waals surface area contributed by atoms with Crippen molar-refractivity contribution in [2.75, 3.05) is 25.2 Å². The van der Waals surface area contributed by atoms with Gasteiger partial charge in [0.2, 0.25) is 5.96 Å². The number of benzene rings is 1. The van der Waals surface area contributed by atoms with E-state index in [0.29, 0.717) is 11.4 Å². The number of carbonyl (C=O) groups is 1. The average molecular weight is 436 g/mol. The molecule has 1 aromatic heterocycles. The summed E-state index contributed by atoms with van der Waals surface area (Å²) in [4.78, 5) is 20.5. The zero-order valence-corrected chi connectivity index (χ0v) is 18.2. The Kier molecular flexibility index (Phi) is 8.28. The highest BCUT2D eigenvalue weighted by molar-refractivity contribution is 7.83. The van der Waals surface area contributed by atoms with E-state index in [1.165, 1.54) is 48.3 Å². The van der Waals surface area contributed by atoms with Crippen molar-refractivity contribution in [2.45, 2.75) is 26.3 Å². The molecule has 3 N–H and O–H groups in total. The van der Waals surface area contributed by atoms with Crippen molar-refractivity contribution in [3.8, 4) is 5.75 Å². The number of aliphatic imine (C=N–C) groups is 1. The number of carbonyl (C=O) groups excluding carboxylic acids is 1. The Hall–Kier alpha value is -3.01. The van der Waals surface area contributed by atoms with Gasteiger partial charge in [-0.05, 0) is 30.3 Å². The van der Waals surface area contributed by atoms with Crippen molar-refractivity contribution in [1.82, 2.24) is 9.29 Å². The first kappa shape index (κ1) is 23.3. The fourth-order valence-corrected chi connectivity index (χ4v) is 3.50. The lowest BCUT2D eigenvalue weighted by atomic mass is 10.1. The van der Waals surface area contributed by atoms with Crippen LogP contribution in [0, 0.1) is 5.82 Å². The monoisotopic (exact) mass is 435 g/mol. The Bertz CT molecular complexity index is 937. The van der Waals surface area contributed by atoms with Crippen molar-refractivity contribution >= 4 is 28.5 Å². The number of hydrogen-bond donors (Lipinski definition) is 2. The van der Waals surface area contributed by atoms with Crippen LogP contribution in [0.3, 0.4) is 0 Å². The van der Waals surface area contributed by atoms with E-state index in [1.807, 2.05) is 0 Å². The molecule has 3 rings (SSSR count). The molecule has 0 aliphatic carbocycles. The van der Waals surface area contributed by atoms with Gasteiger partial charge in [0.25, 0.3) is 5.91 Å². The number of halogens is 1. The molecule has 1 aliphatic rings. The van der Waals surface area contributed by atoms with Crippen LogP contribution in [0.15, 0.2) is 41.5 Å². The van der Waals surface area contributed by atoms with Crippen molar-refractivity contribution in [3.05, 3.63) is 53.6 Å². The number of hydrogen-bond acceptors (Lipinski definition) is 6. The maximum atomic E-state index is 14.3. The summed E-state index contributed by atoms with van der Waals surface area (Å²) in [6.07, 6.45) is 2.68. The van der Waals surface area contributed by atoms with Crippen molar-refractivity contribution < 1.29 is 18.1 Å². The Labute approximate surface area is 177 Å². The molecule has 10 heteroatoms. The summed E-state index contributed by atoms with van der Waals surface area (Å²) in [6, 6.07) is 6.55. The van der Waals surface area contributed by atoms with Crippen LogP contribution in [0.5, 0.6) is 5.75 Å². The molecule has 0 saturated heterocycles. The van der Waals surface area contributed by atoms with E-state index in [0.717, 1.165) is 0 Å². The zero-order valence-electron chi connectivity index (χ0n) is 17.4. The molecule has 8 nitrogen and oxygen atoms in total. The number of aromatic nitrogens is 1. The van der Waals surface area contributed by atoms with Gasteiger partial charge in [-0.2, -0.15) is 0 Å². The van der Waals surface area contributed by atoms with E-state index >= 15 is 0 Å². The SMILES string of the molecule is CCC.COc1ccc(C(=O)Nc2ccc(F)c(C3CS(=O)N(C)C(N)=N3)c2)nc1. The minimum absolute atomic E-state index is 0.0702. The third kappa shape index (κ3) is 5.76. The molecule has 1 aromatic carbocycles. The second-order valence-electron chi connectivity index (χ2n) is 6.47. The summed E-state index contributed by atoms with van der Waals surface area (Å²) in [5.41, 5.74) is 6.50. The third-order valence-electron chi connectivity index (χ3n) is 4.03. The number of amides is 1. The topological polar surface area (TPSA) is 110 Å². The van der Waals surface area contributed by atoms with Gasteiger partial charge in [-0.15, -0.1) is 0 Å². The minimum atomic E-state index is -1.40. The molecule has 0 radical (unpaired) electrons. The number of nitrogens with zero attached hydrogens (tertiary/aromatic N) is 3. The molecule has 0 saturated carbocycles. The van der Waals surface area contributed by atoms with Crippen LogP contribution in [0.4, 0.5) is 10.1 Å². The van der Waals surface area contributed by atoms with E-state index in [-0.39, 0.29) is 23.0 Å². The van der Waals surface area contributed by atoms with Gasteiger partial charge in [0.15, 0.2) is 0 Å². The van der Waals surface area contributed by atoms with Crippen LogP contribution in [0.2, 0.25) is 0 Å². The molecule has 1 amide bonds. The van der Waals surface area contributed by atoms with Crippen molar-refractivity contribution in [3.63, 3.8) is 0 Å². The number of methoxy groups -OCH3 is 1. The van der Waals surface area contributed by atoms with Crippen molar-refractivity contribution in [2.24, 2.45) is 10.7 Å². The van der Waals surface area contributed by atoms with Crippen LogP contribution in [-0.2, 0) is 11.0 Å². The molecule has 2 unspecified atom stereocenters. The smallest absolute Gasteiger partial charge is 0.274 e. The second-order valence-corrected chi connectivity index (χ2v) is 7.99. The molecule has 162 valence electrons. The lowest BCUT2D eigenvalue weighted by Crippen LogP contribution is -2.41. The summed E-state index contributed by atoms with van der Waals surface area (Å²) in [6.45, 7) is 4.25. The Morgan fingerprint density at radius 3 is 2.63 bits per heavy atom. The Morgan fingerprint density at radius 1 is 1.37 bits per heavy atom. The molecule has 2 heterocycles. The predicted octanol–water partition coefficient (Wildman–Crippen LogP) is 2.86. The molecular formula is C20H26FN5O3S. The highest BCUT2D eigenvalue weighted by Crippen LogP contribution is 2.28. The van der Waals surface area contributed by atoms with E-state index in [9.17, 15) is 13.4 Å². The van der Waals surface area contributed by atoms with E-state index in [4.69, 9.17) is 10.5 Å². The van der Waals surface area contributed by atoms with E-state index in [1.54, 1.807) is 13.1 Å². The number of ether oxygens (including phenoxy) is 1. The Morgan fingerprint density at radius 2 is 2.07 bits per heavy atom. The summed E-state index contributed by atoms with van der Waals surface area (Å²) in [5.74, 6) is -0.267. The second kappa shape index (κ2) is 10.7. The van der Waals surface area contributed by atoms with E-state index in [2.05, 4.69) is 29.1 Å². The minimum Gasteiger partial charge on any atom is -0.495 e. The number of anilines is 1.